The quantitative estimate of drug-likeness (QED) is 0.843. The average Bonchev–Trinajstić information content (AvgIpc) is 2.42. The first-order valence-electron chi connectivity index (χ1n) is 6.16. The lowest BCUT2D eigenvalue weighted by Gasteiger charge is -2.11. The fraction of sp³-hybridized carbons (Fsp3) is 0.133. The van der Waals surface area contributed by atoms with Gasteiger partial charge in [-0.2, -0.15) is 0 Å². The van der Waals surface area contributed by atoms with E-state index in [1.807, 2.05) is 13.0 Å². The molecule has 0 radical (unpaired) electrons. The molecule has 2 aromatic rings. The van der Waals surface area contributed by atoms with Crippen molar-refractivity contribution in [2.45, 2.75) is 13.5 Å². The number of carbonyl (C=O) groups is 1. The van der Waals surface area contributed by atoms with Crippen LogP contribution >= 0.6 is 27.5 Å². The summed E-state index contributed by atoms with van der Waals surface area (Å²) >= 11 is 9.50. The van der Waals surface area contributed by atoms with Crippen molar-refractivity contribution in [1.82, 2.24) is 0 Å². The Labute approximate surface area is 135 Å². The zero-order valence-corrected chi connectivity index (χ0v) is 13.6. The maximum atomic E-state index is 13.9. The summed E-state index contributed by atoms with van der Waals surface area (Å²) in [5, 5.41) is 3.73. The molecule has 6 heteroatoms. The number of nitrogens with one attached hydrogen (secondary N) is 1. The maximum Gasteiger partial charge on any atom is 0.248 e. The third-order valence-electron chi connectivity index (χ3n) is 3.06. The minimum Gasteiger partial charge on any atom is -0.380 e. The molecule has 21 heavy (non-hydrogen) atoms. The van der Waals surface area contributed by atoms with Crippen LogP contribution in [0.1, 0.15) is 21.5 Å². The molecule has 0 unspecified atom stereocenters. The first-order chi connectivity index (χ1) is 9.88. The number of nitrogens with two attached hydrogens (primary N) is 1. The molecule has 0 spiro atoms. The van der Waals surface area contributed by atoms with Crippen LogP contribution in [0.25, 0.3) is 0 Å². The van der Waals surface area contributed by atoms with Gasteiger partial charge in [0.2, 0.25) is 5.91 Å². The Kier molecular flexibility index (Phi) is 4.85. The van der Waals surface area contributed by atoms with Crippen molar-refractivity contribution < 1.29 is 9.18 Å². The molecule has 0 fully saturated rings. The summed E-state index contributed by atoms with van der Waals surface area (Å²) in [6.07, 6.45) is 0. The number of rotatable bonds is 4. The van der Waals surface area contributed by atoms with E-state index in [4.69, 9.17) is 17.3 Å². The number of halogens is 3. The van der Waals surface area contributed by atoms with Crippen LogP contribution in [0.15, 0.2) is 34.8 Å². The lowest BCUT2D eigenvalue weighted by atomic mass is 10.1. The van der Waals surface area contributed by atoms with Gasteiger partial charge in [-0.25, -0.2) is 4.39 Å². The first kappa shape index (κ1) is 15.8. The lowest BCUT2D eigenvalue weighted by molar-refractivity contribution is 0.1000. The van der Waals surface area contributed by atoms with Gasteiger partial charge in [-0.3, -0.25) is 4.79 Å². The Morgan fingerprint density at radius 2 is 2.10 bits per heavy atom. The van der Waals surface area contributed by atoms with Crippen molar-refractivity contribution in [2.24, 2.45) is 5.73 Å². The van der Waals surface area contributed by atoms with Gasteiger partial charge in [-0.1, -0.05) is 17.7 Å². The summed E-state index contributed by atoms with van der Waals surface area (Å²) < 4.78 is 14.7. The molecule has 110 valence electrons. The van der Waals surface area contributed by atoms with Crippen molar-refractivity contribution in [3.05, 3.63) is 62.3 Å². The van der Waals surface area contributed by atoms with E-state index in [2.05, 4.69) is 21.2 Å². The molecule has 1 amide bonds. The van der Waals surface area contributed by atoms with Gasteiger partial charge in [0.1, 0.15) is 5.82 Å². The minimum atomic E-state index is -0.651. The molecule has 0 bridgehead atoms. The second kappa shape index (κ2) is 6.45. The third kappa shape index (κ3) is 3.74. The second-order valence-electron chi connectivity index (χ2n) is 4.61. The highest BCUT2D eigenvalue weighted by molar-refractivity contribution is 9.10. The topological polar surface area (TPSA) is 55.1 Å². The monoisotopic (exact) mass is 370 g/mol. The summed E-state index contributed by atoms with van der Waals surface area (Å²) in [5.74, 6) is -1.13. The van der Waals surface area contributed by atoms with E-state index in [9.17, 15) is 9.18 Å². The van der Waals surface area contributed by atoms with Gasteiger partial charge in [0.05, 0.1) is 5.69 Å². The fourth-order valence-corrected chi connectivity index (χ4v) is 2.58. The second-order valence-corrected chi connectivity index (χ2v) is 5.87. The van der Waals surface area contributed by atoms with E-state index in [0.29, 0.717) is 10.6 Å². The Bertz CT molecular complexity index is 706. The van der Waals surface area contributed by atoms with Crippen LogP contribution in [0.3, 0.4) is 0 Å². The minimum absolute atomic E-state index is 0.149. The fourth-order valence-electron chi connectivity index (χ4n) is 1.82. The average molecular weight is 372 g/mol. The summed E-state index contributed by atoms with van der Waals surface area (Å²) in [7, 11) is 0. The molecule has 0 aliphatic carbocycles. The van der Waals surface area contributed by atoms with Crippen LogP contribution in [-0.4, -0.2) is 5.91 Å². The van der Waals surface area contributed by atoms with Gasteiger partial charge in [-0.05, 0) is 52.7 Å². The maximum absolute atomic E-state index is 13.9. The van der Waals surface area contributed by atoms with Crippen LogP contribution in [0, 0.1) is 12.7 Å². The summed E-state index contributed by atoms with van der Waals surface area (Å²) in [4.78, 5) is 11.0. The van der Waals surface area contributed by atoms with Crippen LogP contribution in [0.4, 0.5) is 10.1 Å². The zero-order chi connectivity index (χ0) is 15.6. The van der Waals surface area contributed by atoms with Gasteiger partial charge < -0.3 is 11.1 Å². The molecule has 0 aliphatic heterocycles. The highest BCUT2D eigenvalue weighted by Crippen LogP contribution is 2.29. The van der Waals surface area contributed by atoms with Crippen molar-refractivity contribution in [1.29, 1.82) is 0 Å². The number of benzene rings is 2. The Balaban J connectivity index is 2.17. The van der Waals surface area contributed by atoms with E-state index in [-0.39, 0.29) is 12.1 Å². The van der Waals surface area contributed by atoms with Gasteiger partial charge in [-0.15, -0.1) is 0 Å². The summed E-state index contributed by atoms with van der Waals surface area (Å²) in [5.41, 5.74) is 7.41. The standard InChI is InChI=1S/C15H13BrClFN2O/c1-8-4-11(16)14(6-12(8)17)20-7-10-3-2-9(15(19)21)5-13(10)18/h2-6,20H,7H2,1H3,(H2,19,21). The molecule has 3 N–H and O–H groups in total. The molecular formula is C15H13BrClFN2O. The van der Waals surface area contributed by atoms with E-state index in [0.717, 1.165) is 21.8 Å². The van der Waals surface area contributed by atoms with E-state index < -0.39 is 11.7 Å². The Morgan fingerprint density at radius 1 is 1.38 bits per heavy atom. The Hall–Kier alpha value is -1.59. The zero-order valence-electron chi connectivity index (χ0n) is 11.2. The Morgan fingerprint density at radius 3 is 2.71 bits per heavy atom. The number of hydrogen-bond donors (Lipinski definition) is 2. The number of hydrogen-bond acceptors (Lipinski definition) is 2. The normalized spacial score (nSPS) is 10.5. The van der Waals surface area contributed by atoms with Crippen LogP contribution < -0.4 is 11.1 Å². The SMILES string of the molecule is Cc1cc(Br)c(NCc2ccc(C(N)=O)cc2F)cc1Cl. The van der Waals surface area contributed by atoms with Crippen LogP contribution in [0.2, 0.25) is 5.02 Å². The van der Waals surface area contributed by atoms with Crippen molar-refractivity contribution in [2.75, 3.05) is 5.32 Å². The van der Waals surface area contributed by atoms with Gasteiger partial charge in [0.25, 0.3) is 0 Å². The van der Waals surface area contributed by atoms with E-state index >= 15 is 0 Å². The number of amides is 1. The summed E-state index contributed by atoms with van der Waals surface area (Å²) in [6.45, 7) is 2.17. The van der Waals surface area contributed by atoms with Gasteiger partial charge in [0, 0.05) is 27.2 Å². The predicted molar refractivity (Wildman–Crippen MR) is 86.1 cm³/mol. The highest BCUT2D eigenvalue weighted by atomic mass is 79.9. The van der Waals surface area contributed by atoms with Crippen LogP contribution in [-0.2, 0) is 6.54 Å². The third-order valence-corrected chi connectivity index (χ3v) is 4.12. The van der Waals surface area contributed by atoms with E-state index in [1.165, 1.54) is 12.1 Å². The van der Waals surface area contributed by atoms with E-state index in [1.54, 1.807) is 6.07 Å². The number of aryl methyl sites for hydroxylation is 1. The molecule has 0 atom stereocenters. The van der Waals surface area contributed by atoms with Gasteiger partial charge in [0.15, 0.2) is 0 Å². The number of carbonyl (C=O) groups excluding carboxylic acids is 1. The molecular weight excluding hydrogens is 359 g/mol. The number of anilines is 1. The molecule has 0 saturated carbocycles. The smallest absolute Gasteiger partial charge is 0.248 e. The molecule has 2 rings (SSSR count). The summed E-state index contributed by atoms with van der Waals surface area (Å²) in [6, 6.07) is 7.83. The van der Waals surface area contributed by atoms with Crippen molar-refractivity contribution in [3.63, 3.8) is 0 Å². The molecule has 3 nitrogen and oxygen atoms in total. The highest BCUT2D eigenvalue weighted by Gasteiger charge is 2.09. The first-order valence-corrected chi connectivity index (χ1v) is 7.33. The van der Waals surface area contributed by atoms with Gasteiger partial charge >= 0.3 is 0 Å². The predicted octanol–water partition coefficient (Wildman–Crippen LogP) is 4.26. The molecule has 2 aromatic carbocycles. The van der Waals surface area contributed by atoms with Crippen molar-refractivity contribution in [3.8, 4) is 0 Å². The van der Waals surface area contributed by atoms with Crippen LogP contribution in [0.5, 0.6) is 0 Å². The molecule has 0 saturated heterocycles. The lowest BCUT2D eigenvalue weighted by Crippen LogP contribution is -2.12. The largest absolute Gasteiger partial charge is 0.380 e. The molecule has 0 heterocycles. The van der Waals surface area contributed by atoms with Crippen molar-refractivity contribution >= 4 is 39.1 Å². The number of primary amides is 1. The molecule has 0 aliphatic rings. The molecule has 0 aromatic heterocycles.